The average Bonchev–Trinajstić information content (AvgIpc) is 3.05. The van der Waals surface area contributed by atoms with Crippen LogP contribution >= 0.6 is 0 Å². The van der Waals surface area contributed by atoms with Crippen molar-refractivity contribution in [2.45, 2.75) is 53.4 Å². The monoisotopic (exact) mass is 461 g/mol. The first-order chi connectivity index (χ1) is 16.7. The molecular weight excluding hydrogens is 425 g/mol. The second kappa shape index (κ2) is 8.75. The molecular formula is C31H36BN3. The molecule has 0 fully saturated rings. The van der Waals surface area contributed by atoms with Gasteiger partial charge in [0.25, 0.3) is 0 Å². The van der Waals surface area contributed by atoms with Crippen molar-refractivity contribution >= 4 is 34.6 Å². The van der Waals surface area contributed by atoms with Crippen LogP contribution in [0.3, 0.4) is 0 Å². The van der Waals surface area contributed by atoms with Gasteiger partial charge in [-0.2, -0.15) is 0 Å². The van der Waals surface area contributed by atoms with Crippen molar-refractivity contribution in [3.05, 3.63) is 83.0 Å². The van der Waals surface area contributed by atoms with E-state index in [4.69, 9.17) is 4.98 Å². The Morgan fingerprint density at radius 3 is 1.89 bits per heavy atom. The van der Waals surface area contributed by atoms with Gasteiger partial charge in [-0.05, 0) is 92.1 Å². The van der Waals surface area contributed by atoms with Crippen LogP contribution in [0.5, 0.6) is 0 Å². The molecule has 35 heavy (non-hydrogen) atoms. The summed E-state index contributed by atoms with van der Waals surface area (Å²) < 4.78 is 0. The summed E-state index contributed by atoms with van der Waals surface area (Å²) in [4.78, 5) is 9.76. The largest absolute Gasteiger partial charge is 0.411 e. The Hall–Kier alpha value is -3.27. The lowest BCUT2D eigenvalue weighted by Gasteiger charge is -2.30. The topological polar surface area (TPSA) is 19.4 Å². The maximum Gasteiger partial charge on any atom is 0.411 e. The van der Waals surface area contributed by atoms with Gasteiger partial charge < -0.3 is 9.62 Å². The van der Waals surface area contributed by atoms with Gasteiger partial charge >= 0.3 is 6.98 Å². The number of hydrogen-bond acceptors (Lipinski definition) is 3. The Balaban J connectivity index is 1.70. The highest BCUT2D eigenvalue weighted by Gasteiger charge is 2.41. The number of anilines is 2. The number of rotatable bonds is 4. The highest BCUT2D eigenvalue weighted by atomic mass is 15.3. The van der Waals surface area contributed by atoms with Crippen molar-refractivity contribution in [1.82, 2.24) is 4.98 Å². The van der Waals surface area contributed by atoms with Crippen molar-refractivity contribution in [3.8, 4) is 11.3 Å². The van der Waals surface area contributed by atoms with Crippen LogP contribution in [0.15, 0.2) is 60.8 Å². The van der Waals surface area contributed by atoms with Crippen molar-refractivity contribution in [2.24, 2.45) is 0 Å². The predicted octanol–water partition coefficient (Wildman–Crippen LogP) is 7.05. The molecule has 1 aliphatic rings. The maximum absolute atomic E-state index is 4.85. The number of pyridine rings is 1. The molecule has 0 radical (unpaired) electrons. The summed E-state index contributed by atoms with van der Waals surface area (Å²) in [5.41, 5.74) is 11.6. The van der Waals surface area contributed by atoms with Gasteiger partial charge in [0, 0.05) is 28.5 Å². The molecule has 3 nitrogen and oxygen atoms in total. The SMILES string of the molecule is Cc1cc(C)cc(-c2nccc3cc4c(cc23)N(C)B(c2c(C(C)C)cccc2C(C)C)N4C)c1. The highest BCUT2D eigenvalue weighted by molar-refractivity contribution is 6.82. The summed E-state index contributed by atoms with van der Waals surface area (Å²) in [7, 11) is 4.49. The fraction of sp³-hybridized carbons (Fsp3) is 0.323. The van der Waals surface area contributed by atoms with Crippen molar-refractivity contribution in [2.75, 3.05) is 23.7 Å². The van der Waals surface area contributed by atoms with E-state index >= 15 is 0 Å². The minimum atomic E-state index is 0.162. The van der Waals surface area contributed by atoms with Gasteiger partial charge in [-0.1, -0.05) is 63.1 Å². The average molecular weight is 461 g/mol. The molecule has 178 valence electrons. The zero-order valence-electron chi connectivity index (χ0n) is 22.3. The molecule has 0 aliphatic carbocycles. The minimum Gasteiger partial charge on any atom is -0.393 e. The normalized spacial score (nSPS) is 13.5. The van der Waals surface area contributed by atoms with Crippen LogP contribution in [0.1, 0.15) is 61.8 Å². The van der Waals surface area contributed by atoms with Crippen molar-refractivity contribution < 1.29 is 0 Å². The number of aromatic nitrogens is 1. The van der Waals surface area contributed by atoms with Crippen LogP contribution in [0.25, 0.3) is 22.0 Å². The highest BCUT2D eigenvalue weighted by Crippen LogP contribution is 2.42. The Morgan fingerprint density at radius 1 is 0.743 bits per heavy atom. The Bertz CT molecular complexity index is 1380. The lowest BCUT2D eigenvalue weighted by Crippen LogP contribution is -2.56. The molecule has 4 heteroatoms. The van der Waals surface area contributed by atoms with Crippen molar-refractivity contribution in [3.63, 3.8) is 0 Å². The van der Waals surface area contributed by atoms with E-state index in [9.17, 15) is 0 Å². The maximum atomic E-state index is 4.85. The van der Waals surface area contributed by atoms with Gasteiger partial charge in [-0.3, -0.25) is 4.98 Å². The molecule has 4 aromatic rings. The molecule has 2 heterocycles. The molecule has 0 bridgehead atoms. The quantitative estimate of drug-likeness (QED) is 0.304. The third-order valence-electron chi connectivity index (χ3n) is 7.52. The number of fused-ring (bicyclic) bond motifs is 2. The van der Waals surface area contributed by atoms with Crippen LogP contribution in [0, 0.1) is 13.8 Å². The molecule has 3 aromatic carbocycles. The van der Waals surface area contributed by atoms with Crippen molar-refractivity contribution in [1.29, 1.82) is 0 Å². The standard InChI is InChI=1S/C31H36BN3/c1-19(2)25-10-9-11-26(20(3)4)30(25)32-34(7)28-17-23-12-13-33-31(27(23)18-29(28)35(32)8)24-15-21(5)14-22(6)16-24/h9-20H,1-8H3. The van der Waals surface area contributed by atoms with Crippen LogP contribution in [0.4, 0.5) is 11.4 Å². The van der Waals surface area contributed by atoms with Gasteiger partial charge in [0.15, 0.2) is 0 Å². The van der Waals surface area contributed by atoms with Crippen LogP contribution in [-0.4, -0.2) is 26.1 Å². The van der Waals surface area contributed by atoms with E-state index in [0.717, 1.165) is 5.69 Å². The van der Waals surface area contributed by atoms with E-state index in [2.05, 4.69) is 120 Å². The molecule has 0 amide bonds. The van der Waals surface area contributed by atoms with E-state index in [1.807, 2.05) is 6.20 Å². The Kier molecular flexibility index (Phi) is 5.87. The second-order valence-corrected chi connectivity index (χ2v) is 10.9. The molecule has 0 saturated heterocycles. The van der Waals surface area contributed by atoms with E-state index < -0.39 is 0 Å². The first kappa shape index (κ1) is 23.5. The smallest absolute Gasteiger partial charge is 0.393 e. The first-order valence-electron chi connectivity index (χ1n) is 12.8. The summed E-state index contributed by atoms with van der Waals surface area (Å²) in [5.74, 6) is 0.933. The third kappa shape index (κ3) is 3.89. The summed E-state index contributed by atoms with van der Waals surface area (Å²) in [6.07, 6.45) is 1.95. The van der Waals surface area contributed by atoms with E-state index in [0.29, 0.717) is 11.8 Å². The van der Waals surface area contributed by atoms with Gasteiger partial charge in [0.1, 0.15) is 0 Å². The Labute approximate surface area is 210 Å². The first-order valence-corrected chi connectivity index (χ1v) is 12.8. The predicted molar refractivity (Wildman–Crippen MR) is 153 cm³/mol. The zero-order valence-corrected chi connectivity index (χ0v) is 22.3. The van der Waals surface area contributed by atoms with E-state index in [1.54, 1.807) is 0 Å². The van der Waals surface area contributed by atoms with Crippen LogP contribution in [0.2, 0.25) is 0 Å². The van der Waals surface area contributed by atoms with Crippen LogP contribution in [-0.2, 0) is 0 Å². The van der Waals surface area contributed by atoms with Gasteiger partial charge in [-0.15, -0.1) is 0 Å². The fourth-order valence-electron chi connectivity index (χ4n) is 5.92. The van der Waals surface area contributed by atoms with E-state index in [-0.39, 0.29) is 6.98 Å². The summed E-state index contributed by atoms with van der Waals surface area (Å²) in [6, 6.07) is 20.4. The third-order valence-corrected chi connectivity index (χ3v) is 7.52. The Morgan fingerprint density at radius 2 is 1.31 bits per heavy atom. The lowest BCUT2D eigenvalue weighted by atomic mass is 9.59. The fourth-order valence-corrected chi connectivity index (χ4v) is 5.92. The number of nitrogens with zero attached hydrogens (tertiary/aromatic N) is 3. The summed E-state index contributed by atoms with van der Waals surface area (Å²) in [5, 5.41) is 2.44. The second-order valence-electron chi connectivity index (χ2n) is 10.9. The van der Waals surface area contributed by atoms with Crippen LogP contribution < -0.4 is 15.1 Å². The molecule has 0 atom stereocenters. The minimum absolute atomic E-state index is 0.162. The lowest BCUT2D eigenvalue weighted by molar-refractivity contribution is 0.843. The molecule has 5 rings (SSSR count). The molecule has 0 spiro atoms. The van der Waals surface area contributed by atoms with E-state index in [1.165, 1.54) is 55.4 Å². The van der Waals surface area contributed by atoms with Gasteiger partial charge in [-0.25, -0.2) is 0 Å². The molecule has 0 saturated carbocycles. The zero-order chi connectivity index (χ0) is 25.0. The van der Waals surface area contributed by atoms with Gasteiger partial charge in [0.2, 0.25) is 0 Å². The summed E-state index contributed by atoms with van der Waals surface area (Å²) >= 11 is 0. The van der Waals surface area contributed by atoms with Gasteiger partial charge in [0.05, 0.1) is 5.69 Å². The number of aryl methyl sites for hydroxylation is 2. The number of benzene rings is 3. The number of hydrogen-bond donors (Lipinski definition) is 0. The molecule has 1 aliphatic heterocycles. The summed E-state index contributed by atoms with van der Waals surface area (Å²) in [6.45, 7) is 13.7. The molecule has 0 N–H and O–H groups in total. The molecule has 0 unspecified atom stereocenters. The molecule has 1 aromatic heterocycles.